The highest BCUT2D eigenvalue weighted by atomic mass is 15.0. The van der Waals surface area contributed by atoms with Crippen LogP contribution in [-0.4, -0.2) is 0 Å². The van der Waals surface area contributed by atoms with Gasteiger partial charge in [0.1, 0.15) is 0 Å². The van der Waals surface area contributed by atoms with Gasteiger partial charge in [-0.1, -0.05) is 127 Å². The lowest BCUT2D eigenvalue weighted by Crippen LogP contribution is -2.11. The van der Waals surface area contributed by atoms with Crippen LogP contribution in [0.3, 0.4) is 0 Å². The third-order valence-corrected chi connectivity index (χ3v) is 8.33. The molecule has 0 spiro atoms. The zero-order chi connectivity index (χ0) is 32.9. The van der Waals surface area contributed by atoms with Crippen LogP contribution in [0.5, 0.6) is 0 Å². The van der Waals surface area contributed by atoms with Gasteiger partial charge in [-0.2, -0.15) is 0 Å². The highest BCUT2D eigenvalue weighted by Gasteiger charge is 2.21. The molecule has 7 aromatic carbocycles. The Morgan fingerprint density at radius 1 is 0.271 bits per heavy atom. The summed E-state index contributed by atoms with van der Waals surface area (Å²) in [6.07, 6.45) is 0. The van der Waals surface area contributed by atoms with Crippen LogP contribution in [0.25, 0.3) is 33.4 Å². The summed E-state index contributed by atoms with van der Waals surface area (Å²) < 4.78 is 0. The Morgan fingerprint density at radius 3 is 0.792 bits per heavy atom. The van der Waals surface area contributed by atoms with E-state index in [0.717, 1.165) is 50.4 Å². The second-order valence-corrected chi connectivity index (χ2v) is 11.6. The first-order valence-electron chi connectivity index (χ1n) is 15.8. The predicted molar refractivity (Wildman–Crippen MR) is 205 cm³/mol. The molecule has 0 aliphatic heterocycles. The molecular formula is C42H36N6. The maximum absolute atomic E-state index is 6.93. The zero-order valence-corrected chi connectivity index (χ0v) is 26.3. The summed E-state index contributed by atoms with van der Waals surface area (Å²) in [7, 11) is 0. The van der Waals surface area contributed by atoms with Gasteiger partial charge in [-0.05, 0) is 69.8 Å². The fraction of sp³-hybridized carbons (Fsp3) is 0. The second-order valence-electron chi connectivity index (χ2n) is 11.6. The van der Waals surface area contributed by atoms with Gasteiger partial charge in [0, 0.05) is 17.1 Å². The van der Waals surface area contributed by atoms with Crippen molar-refractivity contribution in [1.82, 2.24) is 0 Å². The molecule has 0 bridgehead atoms. The average molecular weight is 625 g/mol. The van der Waals surface area contributed by atoms with Crippen molar-refractivity contribution in [2.45, 2.75) is 0 Å². The summed E-state index contributed by atoms with van der Waals surface area (Å²) >= 11 is 0. The van der Waals surface area contributed by atoms with E-state index >= 15 is 0 Å². The van der Waals surface area contributed by atoms with Crippen LogP contribution in [-0.2, 0) is 0 Å². The predicted octanol–water partition coefficient (Wildman–Crippen LogP) is 10.7. The van der Waals surface area contributed by atoms with E-state index in [1.165, 1.54) is 0 Å². The third kappa shape index (κ3) is 6.36. The Morgan fingerprint density at radius 2 is 0.521 bits per heavy atom. The fourth-order valence-electron chi connectivity index (χ4n) is 5.87. The monoisotopic (exact) mass is 624 g/mol. The Bertz CT molecular complexity index is 1910. The summed E-state index contributed by atoms with van der Waals surface area (Å²) in [6.45, 7) is 0. The lowest BCUT2D eigenvalue weighted by Gasteiger charge is -2.24. The molecule has 7 rings (SSSR count). The van der Waals surface area contributed by atoms with Crippen LogP contribution in [0.15, 0.2) is 164 Å². The van der Waals surface area contributed by atoms with Crippen molar-refractivity contribution >= 4 is 51.2 Å². The third-order valence-electron chi connectivity index (χ3n) is 8.33. The Labute approximate surface area is 280 Å². The molecule has 48 heavy (non-hydrogen) atoms. The summed E-state index contributed by atoms with van der Waals surface area (Å²) in [5.41, 5.74) is 32.7. The van der Waals surface area contributed by atoms with Gasteiger partial charge in [0.2, 0.25) is 0 Å². The van der Waals surface area contributed by atoms with Gasteiger partial charge in [0.25, 0.3) is 0 Å². The summed E-state index contributed by atoms with van der Waals surface area (Å²) in [5.74, 6) is 0. The molecule has 7 aromatic rings. The zero-order valence-electron chi connectivity index (χ0n) is 26.3. The number of hydrogen-bond donors (Lipinski definition) is 6. The van der Waals surface area contributed by atoms with Crippen molar-refractivity contribution in [3.63, 3.8) is 0 Å². The number of rotatable bonds is 9. The quantitative estimate of drug-likeness (QED) is 0.0891. The van der Waals surface area contributed by atoms with E-state index in [1.807, 2.05) is 91.0 Å². The normalized spacial score (nSPS) is 10.8. The van der Waals surface area contributed by atoms with Gasteiger partial charge in [-0.15, -0.1) is 0 Å². The topological polar surface area (TPSA) is 114 Å². The minimum absolute atomic E-state index is 0.406. The molecule has 234 valence electrons. The van der Waals surface area contributed by atoms with Crippen molar-refractivity contribution in [3.8, 4) is 33.4 Å². The lowest BCUT2D eigenvalue weighted by atomic mass is 10.0. The Balaban J connectivity index is 1.31. The van der Waals surface area contributed by atoms with E-state index in [1.54, 1.807) is 0 Å². The van der Waals surface area contributed by atoms with Crippen LogP contribution in [0.2, 0.25) is 0 Å². The van der Waals surface area contributed by atoms with E-state index in [9.17, 15) is 0 Å². The molecule has 0 atom stereocenters. The van der Waals surface area contributed by atoms with Crippen molar-refractivity contribution in [2.24, 2.45) is 0 Å². The van der Waals surface area contributed by atoms with Gasteiger partial charge in [-0.3, -0.25) is 0 Å². The molecule has 0 radical (unpaired) electrons. The molecule has 9 N–H and O–H groups in total. The van der Waals surface area contributed by atoms with E-state index in [0.29, 0.717) is 34.1 Å². The van der Waals surface area contributed by atoms with Gasteiger partial charge >= 0.3 is 0 Å². The van der Waals surface area contributed by atoms with E-state index < -0.39 is 0 Å². The van der Waals surface area contributed by atoms with Crippen LogP contribution in [0, 0.1) is 0 Å². The van der Waals surface area contributed by atoms with Crippen LogP contribution in [0.1, 0.15) is 0 Å². The van der Waals surface area contributed by atoms with Crippen molar-refractivity contribution in [3.05, 3.63) is 164 Å². The molecule has 0 unspecified atom stereocenters. The number of anilines is 9. The van der Waals surface area contributed by atoms with Crippen molar-refractivity contribution < 1.29 is 0 Å². The summed E-state index contributed by atoms with van der Waals surface area (Å²) in [4.78, 5) is 0. The largest absolute Gasteiger partial charge is 0.395 e. The number of benzene rings is 7. The molecule has 0 fully saturated rings. The SMILES string of the molecule is Nc1c(Nc2cccc(-c3ccccc3)c2)c(N)c(Nc2cccc(-c3ccccc3)c2)c(N)c1Nc1cccc(-c2ccccc2)c1. The van der Waals surface area contributed by atoms with Gasteiger partial charge in [0.05, 0.1) is 34.1 Å². The molecule has 0 saturated heterocycles. The van der Waals surface area contributed by atoms with E-state index in [2.05, 4.69) is 88.7 Å². The van der Waals surface area contributed by atoms with Crippen molar-refractivity contribution in [1.29, 1.82) is 0 Å². The molecule has 0 saturated carbocycles. The second kappa shape index (κ2) is 13.4. The highest BCUT2D eigenvalue weighted by Crippen LogP contribution is 2.49. The Hall–Kier alpha value is -6.66. The van der Waals surface area contributed by atoms with Gasteiger partial charge in [-0.25, -0.2) is 0 Å². The molecule has 0 aliphatic rings. The van der Waals surface area contributed by atoms with E-state index in [-0.39, 0.29) is 0 Å². The number of nitrogen functional groups attached to an aromatic ring is 3. The first-order valence-corrected chi connectivity index (χ1v) is 15.8. The Kier molecular flexibility index (Phi) is 8.36. The molecule has 6 nitrogen and oxygen atoms in total. The summed E-state index contributed by atoms with van der Waals surface area (Å²) in [6, 6.07) is 55.2. The maximum Gasteiger partial charge on any atom is 0.0896 e. The first-order chi connectivity index (χ1) is 23.5. The number of nitrogens with two attached hydrogens (primary N) is 3. The molecule has 0 amide bonds. The highest BCUT2D eigenvalue weighted by molar-refractivity contribution is 6.08. The van der Waals surface area contributed by atoms with Crippen LogP contribution >= 0.6 is 0 Å². The van der Waals surface area contributed by atoms with Gasteiger partial charge in [0.15, 0.2) is 0 Å². The molecule has 0 aromatic heterocycles. The number of nitrogens with one attached hydrogen (secondary N) is 3. The van der Waals surface area contributed by atoms with Crippen LogP contribution < -0.4 is 33.2 Å². The van der Waals surface area contributed by atoms with Crippen molar-refractivity contribution in [2.75, 3.05) is 33.2 Å². The molecule has 0 heterocycles. The minimum Gasteiger partial charge on any atom is -0.395 e. The standard InChI is InChI=1S/C42H36N6/c43-37-40(46-34-22-10-19-31(25-34)28-13-4-1-5-14-28)38(44)42(48-36-24-12-21-33(27-36)30-17-8-3-9-18-30)39(45)41(37)47-35-23-11-20-32(26-35)29-15-6-2-7-16-29/h1-27,46-48H,43-45H2. The first kappa shape index (κ1) is 30.0. The lowest BCUT2D eigenvalue weighted by molar-refractivity contribution is 1.48. The van der Waals surface area contributed by atoms with Crippen LogP contribution in [0.4, 0.5) is 51.2 Å². The van der Waals surface area contributed by atoms with Gasteiger partial charge < -0.3 is 33.2 Å². The average Bonchev–Trinajstić information content (AvgIpc) is 3.15. The fourth-order valence-corrected chi connectivity index (χ4v) is 5.87. The summed E-state index contributed by atoms with van der Waals surface area (Å²) in [5, 5.41) is 10.6. The molecule has 0 aliphatic carbocycles. The number of hydrogen-bond acceptors (Lipinski definition) is 6. The molecule has 6 heteroatoms. The smallest absolute Gasteiger partial charge is 0.0896 e. The molecular weight excluding hydrogens is 589 g/mol. The minimum atomic E-state index is 0.406. The van der Waals surface area contributed by atoms with E-state index in [4.69, 9.17) is 17.2 Å². The maximum atomic E-state index is 6.93.